The van der Waals surface area contributed by atoms with Crippen molar-refractivity contribution >= 4 is 5.71 Å². The van der Waals surface area contributed by atoms with Gasteiger partial charge < -0.3 is 4.98 Å². The number of aromatic nitrogens is 2. The van der Waals surface area contributed by atoms with E-state index in [1.165, 1.54) is 5.56 Å². The lowest BCUT2D eigenvalue weighted by atomic mass is 10.0. The minimum atomic E-state index is -0.0225. The Bertz CT molecular complexity index is 934. The molecule has 0 unspecified atom stereocenters. The minimum Gasteiger partial charge on any atom is -0.305 e. The number of benzene rings is 1. The largest absolute Gasteiger partial charge is 0.305 e. The molecule has 0 bridgehead atoms. The number of hydrogen-bond acceptors (Lipinski definition) is 4. The Labute approximate surface area is 153 Å². The first-order valence-corrected chi connectivity index (χ1v) is 9.16. The van der Waals surface area contributed by atoms with Crippen molar-refractivity contribution < 1.29 is 0 Å². The minimum absolute atomic E-state index is 0.0225. The van der Waals surface area contributed by atoms with Crippen LogP contribution in [0.1, 0.15) is 47.5 Å². The first-order valence-electron chi connectivity index (χ1n) is 9.16. The van der Waals surface area contributed by atoms with Crippen LogP contribution in [0.4, 0.5) is 0 Å². The van der Waals surface area contributed by atoms with Gasteiger partial charge in [-0.2, -0.15) is 0 Å². The second-order valence-electron chi connectivity index (χ2n) is 6.93. The second kappa shape index (κ2) is 7.27. The Kier molecular flexibility index (Phi) is 4.68. The first kappa shape index (κ1) is 16.7. The van der Waals surface area contributed by atoms with Crippen LogP contribution in [0.2, 0.25) is 0 Å². The normalized spacial score (nSPS) is 17.3. The van der Waals surface area contributed by atoms with Crippen LogP contribution in [0.15, 0.2) is 34.1 Å². The highest BCUT2D eigenvalue weighted by molar-refractivity contribution is 5.97. The maximum Gasteiger partial charge on any atom is 0.255 e. The van der Waals surface area contributed by atoms with E-state index in [1.54, 1.807) is 0 Å². The average Bonchev–Trinajstić information content (AvgIpc) is 2.69. The van der Waals surface area contributed by atoms with Crippen LogP contribution in [0.25, 0.3) is 0 Å². The quantitative estimate of drug-likeness (QED) is 0.868. The van der Waals surface area contributed by atoms with Gasteiger partial charge in [0.25, 0.3) is 5.56 Å². The fraction of sp³-hybridized carbons (Fsp3) is 0.381. The van der Waals surface area contributed by atoms with Gasteiger partial charge in [-0.25, -0.2) is 4.98 Å². The summed E-state index contributed by atoms with van der Waals surface area (Å²) in [4.78, 5) is 27.1. The van der Waals surface area contributed by atoms with Crippen molar-refractivity contribution in [1.29, 1.82) is 0 Å². The third-order valence-corrected chi connectivity index (χ3v) is 5.07. The molecular weight excluding hydrogens is 324 g/mol. The number of H-pyrrole nitrogens is 1. The molecule has 1 aromatic heterocycles. The summed E-state index contributed by atoms with van der Waals surface area (Å²) >= 11 is 0. The van der Waals surface area contributed by atoms with Crippen LogP contribution >= 0.6 is 0 Å². The van der Waals surface area contributed by atoms with E-state index in [2.05, 4.69) is 32.9 Å². The molecule has 3 heterocycles. The lowest BCUT2D eigenvalue weighted by Gasteiger charge is -2.28. The van der Waals surface area contributed by atoms with E-state index in [0.29, 0.717) is 12.4 Å². The van der Waals surface area contributed by atoms with Crippen LogP contribution in [-0.2, 0) is 19.5 Å². The van der Waals surface area contributed by atoms with E-state index < -0.39 is 0 Å². The molecule has 1 aromatic carbocycles. The summed E-state index contributed by atoms with van der Waals surface area (Å²) < 4.78 is 0. The first-order chi connectivity index (χ1) is 12.7. The van der Waals surface area contributed by atoms with Gasteiger partial charge in [-0.15, -0.1) is 6.42 Å². The molecule has 2 aromatic rings. The number of terminal acetylenes is 1. The fourth-order valence-corrected chi connectivity index (χ4v) is 3.61. The van der Waals surface area contributed by atoms with Crippen LogP contribution in [0, 0.1) is 12.3 Å². The zero-order chi connectivity index (χ0) is 17.9. The van der Waals surface area contributed by atoms with Crippen molar-refractivity contribution in [3.05, 3.63) is 62.8 Å². The number of nitrogens with zero attached hydrogens (tertiary/aromatic N) is 3. The number of hydrogen-bond donors (Lipinski definition) is 1. The predicted molar refractivity (Wildman–Crippen MR) is 102 cm³/mol. The Morgan fingerprint density at radius 1 is 1.19 bits per heavy atom. The van der Waals surface area contributed by atoms with Gasteiger partial charge in [0, 0.05) is 38.2 Å². The number of nitrogens with one attached hydrogen (secondary N) is 1. The number of aromatic amines is 1. The molecule has 0 saturated heterocycles. The Morgan fingerprint density at radius 2 is 2.04 bits per heavy atom. The van der Waals surface area contributed by atoms with Gasteiger partial charge in [-0.1, -0.05) is 18.1 Å². The van der Waals surface area contributed by atoms with Crippen LogP contribution < -0.4 is 5.56 Å². The monoisotopic (exact) mass is 346 g/mol. The summed E-state index contributed by atoms with van der Waals surface area (Å²) in [6.45, 7) is 3.16. The number of aliphatic imine (C=N–C) groups is 1. The summed E-state index contributed by atoms with van der Waals surface area (Å²) in [6.07, 6.45) is 9.34. The van der Waals surface area contributed by atoms with Crippen molar-refractivity contribution in [2.45, 2.75) is 38.8 Å². The highest BCUT2D eigenvalue weighted by atomic mass is 16.1. The van der Waals surface area contributed by atoms with E-state index in [4.69, 9.17) is 11.4 Å². The van der Waals surface area contributed by atoms with E-state index in [9.17, 15) is 4.79 Å². The molecule has 4 rings (SSSR count). The zero-order valence-electron chi connectivity index (χ0n) is 14.8. The predicted octanol–water partition coefficient (Wildman–Crippen LogP) is 2.28. The fourth-order valence-electron chi connectivity index (χ4n) is 3.61. The molecule has 0 fully saturated rings. The van der Waals surface area contributed by atoms with Crippen LogP contribution in [0.5, 0.6) is 0 Å². The van der Waals surface area contributed by atoms with Crippen LogP contribution in [0.3, 0.4) is 0 Å². The highest BCUT2D eigenvalue weighted by Gasteiger charge is 2.22. The maximum absolute atomic E-state index is 12.6. The van der Waals surface area contributed by atoms with E-state index >= 15 is 0 Å². The lowest BCUT2D eigenvalue weighted by molar-refractivity contribution is 0.241. The molecule has 2 aliphatic rings. The van der Waals surface area contributed by atoms with Crippen molar-refractivity contribution in [2.75, 3.05) is 13.1 Å². The van der Waals surface area contributed by atoms with Crippen molar-refractivity contribution in [3.63, 3.8) is 0 Å². The summed E-state index contributed by atoms with van der Waals surface area (Å²) in [5, 5.41) is 0. The molecule has 2 aliphatic heterocycles. The van der Waals surface area contributed by atoms with Crippen molar-refractivity contribution in [1.82, 2.24) is 14.9 Å². The standard InChI is InChI=1S/C21H22N4O/c1-2-15-6-8-16(9-7-15)13-25-12-10-18-17(14-25)21(26)24-20(23-18)19-5-3-4-11-22-19/h1,6-9H,3-5,10-14H2,(H,23,24,26). The SMILES string of the molecule is C#Cc1ccc(CN2CCc3nc(C4=NCCCC4)[nH]c(=O)c3C2)cc1. The van der Waals surface area contributed by atoms with Gasteiger partial charge in [-0.05, 0) is 37.0 Å². The number of rotatable bonds is 3. The summed E-state index contributed by atoms with van der Waals surface area (Å²) in [7, 11) is 0. The molecule has 0 atom stereocenters. The second-order valence-corrected chi connectivity index (χ2v) is 6.93. The van der Waals surface area contributed by atoms with Crippen molar-refractivity contribution in [3.8, 4) is 12.3 Å². The maximum atomic E-state index is 12.6. The molecule has 5 heteroatoms. The van der Waals surface area contributed by atoms with E-state index in [1.807, 2.05) is 12.1 Å². The van der Waals surface area contributed by atoms with Gasteiger partial charge >= 0.3 is 0 Å². The third-order valence-electron chi connectivity index (χ3n) is 5.07. The van der Waals surface area contributed by atoms with Crippen LogP contribution in [-0.4, -0.2) is 33.7 Å². The molecule has 0 aliphatic carbocycles. The number of fused-ring (bicyclic) bond motifs is 1. The van der Waals surface area contributed by atoms with Gasteiger partial charge in [0.15, 0.2) is 5.82 Å². The highest BCUT2D eigenvalue weighted by Crippen LogP contribution is 2.18. The van der Waals surface area contributed by atoms with Gasteiger partial charge in [0.05, 0.1) is 17.0 Å². The van der Waals surface area contributed by atoms with Gasteiger partial charge in [-0.3, -0.25) is 14.7 Å². The summed E-state index contributed by atoms with van der Waals surface area (Å²) in [5.74, 6) is 3.31. The van der Waals surface area contributed by atoms with Gasteiger partial charge in [0.1, 0.15) is 0 Å². The van der Waals surface area contributed by atoms with E-state index in [0.717, 1.165) is 67.9 Å². The lowest BCUT2D eigenvalue weighted by Crippen LogP contribution is -2.36. The Balaban J connectivity index is 1.52. The molecule has 132 valence electrons. The van der Waals surface area contributed by atoms with Gasteiger partial charge in [0.2, 0.25) is 0 Å². The van der Waals surface area contributed by atoms with E-state index in [-0.39, 0.29) is 5.56 Å². The zero-order valence-corrected chi connectivity index (χ0v) is 14.8. The average molecular weight is 346 g/mol. The van der Waals surface area contributed by atoms with Crippen molar-refractivity contribution in [2.24, 2.45) is 4.99 Å². The molecule has 0 amide bonds. The third kappa shape index (κ3) is 3.47. The summed E-state index contributed by atoms with van der Waals surface area (Å²) in [6, 6.07) is 8.02. The molecular formula is C21H22N4O. The molecule has 0 spiro atoms. The Morgan fingerprint density at radius 3 is 2.77 bits per heavy atom. The molecule has 1 N–H and O–H groups in total. The molecule has 0 saturated carbocycles. The molecule has 5 nitrogen and oxygen atoms in total. The Hall–Kier alpha value is -2.71. The molecule has 26 heavy (non-hydrogen) atoms. The molecule has 0 radical (unpaired) electrons. The smallest absolute Gasteiger partial charge is 0.255 e. The topological polar surface area (TPSA) is 61.4 Å². The summed E-state index contributed by atoms with van der Waals surface area (Å²) in [5.41, 5.74) is 4.73.